The Morgan fingerprint density at radius 1 is 1.25 bits per heavy atom. The lowest BCUT2D eigenvalue weighted by Gasteiger charge is -2.07. The molecule has 0 unspecified atom stereocenters. The quantitative estimate of drug-likeness (QED) is 0.735. The number of fused-ring (bicyclic) bond motifs is 1. The molecule has 0 fully saturated rings. The van der Waals surface area contributed by atoms with E-state index in [2.05, 4.69) is 26.2 Å². The van der Waals surface area contributed by atoms with Crippen LogP contribution in [-0.4, -0.2) is 10.9 Å². The van der Waals surface area contributed by atoms with Gasteiger partial charge in [0.2, 0.25) is 0 Å². The molecular weight excluding hydrogens is 336 g/mol. The van der Waals surface area contributed by atoms with E-state index in [1.807, 2.05) is 43.3 Å². The highest BCUT2D eigenvalue weighted by molar-refractivity contribution is 9.10. The number of hydrogen-bond acceptors (Lipinski definition) is 3. The molecule has 2 aromatic carbocycles. The first kappa shape index (κ1) is 13.3. The highest BCUT2D eigenvalue weighted by atomic mass is 79.9. The number of benzene rings is 2. The fourth-order valence-corrected chi connectivity index (χ4v) is 3.33. The van der Waals surface area contributed by atoms with E-state index in [1.165, 1.54) is 0 Å². The topological polar surface area (TPSA) is 42.0 Å². The molecule has 0 aliphatic heterocycles. The second-order valence-electron chi connectivity index (χ2n) is 4.47. The highest BCUT2D eigenvalue weighted by Crippen LogP contribution is 2.24. The standard InChI is InChI=1S/C15H11BrN2OS/c1-9-2-4-11(12(16)6-9)15(19)18-10-3-5-13-14(7-10)20-8-17-13/h2-8H,1H3,(H,18,19). The summed E-state index contributed by atoms with van der Waals surface area (Å²) in [5, 5.41) is 2.91. The van der Waals surface area contributed by atoms with Crippen molar-refractivity contribution < 1.29 is 4.79 Å². The molecule has 100 valence electrons. The van der Waals surface area contributed by atoms with E-state index >= 15 is 0 Å². The van der Waals surface area contributed by atoms with Crippen molar-refractivity contribution in [2.75, 3.05) is 5.32 Å². The molecule has 0 radical (unpaired) electrons. The molecule has 0 saturated carbocycles. The molecule has 20 heavy (non-hydrogen) atoms. The van der Waals surface area contributed by atoms with Gasteiger partial charge >= 0.3 is 0 Å². The lowest BCUT2D eigenvalue weighted by atomic mass is 10.1. The largest absolute Gasteiger partial charge is 0.322 e. The predicted octanol–water partition coefficient (Wildman–Crippen LogP) is 4.62. The number of aryl methyl sites for hydroxylation is 1. The van der Waals surface area contributed by atoms with Crippen LogP contribution in [0.1, 0.15) is 15.9 Å². The summed E-state index contributed by atoms with van der Waals surface area (Å²) in [6, 6.07) is 11.4. The summed E-state index contributed by atoms with van der Waals surface area (Å²) in [5.74, 6) is -0.124. The summed E-state index contributed by atoms with van der Waals surface area (Å²) < 4.78 is 1.86. The lowest BCUT2D eigenvalue weighted by molar-refractivity contribution is 0.102. The smallest absolute Gasteiger partial charge is 0.256 e. The van der Waals surface area contributed by atoms with Gasteiger partial charge in [-0.3, -0.25) is 4.79 Å². The molecule has 1 amide bonds. The normalized spacial score (nSPS) is 10.7. The number of amides is 1. The molecule has 1 aromatic heterocycles. The third-order valence-corrected chi connectivity index (χ3v) is 4.41. The van der Waals surface area contributed by atoms with Crippen LogP contribution in [0, 0.1) is 6.92 Å². The monoisotopic (exact) mass is 346 g/mol. The summed E-state index contributed by atoms with van der Waals surface area (Å²) in [6.45, 7) is 1.99. The van der Waals surface area contributed by atoms with E-state index in [-0.39, 0.29) is 5.91 Å². The van der Waals surface area contributed by atoms with Gasteiger partial charge in [-0.15, -0.1) is 11.3 Å². The molecular formula is C15H11BrN2OS. The zero-order valence-electron chi connectivity index (χ0n) is 10.7. The maximum absolute atomic E-state index is 12.3. The number of aromatic nitrogens is 1. The number of nitrogens with zero attached hydrogens (tertiary/aromatic N) is 1. The Bertz CT molecular complexity index is 797. The van der Waals surface area contributed by atoms with E-state index in [4.69, 9.17) is 0 Å². The Kier molecular flexibility index (Phi) is 3.54. The van der Waals surface area contributed by atoms with Gasteiger partial charge < -0.3 is 5.32 Å². The van der Waals surface area contributed by atoms with Crippen molar-refractivity contribution >= 4 is 49.1 Å². The van der Waals surface area contributed by atoms with Crippen molar-refractivity contribution in [2.24, 2.45) is 0 Å². The maximum atomic E-state index is 12.3. The van der Waals surface area contributed by atoms with Crippen molar-refractivity contribution in [3.63, 3.8) is 0 Å². The van der Waals surface area contributed by atoms with E-state index in [0.29, 0.717) is 5.56 Å². The second-order valence-corrected chi connectivity index (χ2v) is 6.21. The van der Waals surface area contributed by atoms with Crippen LogP contribution in [0.4, 0.5) is 5.69 Å². The Hall–Kier alpha value is -1.72. The molecule has 1 heterocycles. The number of rotatable bonds is 2. The fraction of sp³-hybridized carbons (Fsp3) is 0.0667. The number of thiazole rings is 1. The van der Waals surface area contributed by atoms with Crippen molar-refractivity contribution in [3.05, 3.63) is 57.5 Å². The third kappa shape index (κ3) is 2.59. The SMILES string of the molecule is Cc1ccc(C(=O)Nc2ccc3ncsc3c2)c(Br)c1. The van der Waals surface area contributed by atoms with Crippen molar-refractivity contribution in [3.8, 4) is 0 Å². The van der Waals surface area contributed by atoms with Gasteiger partial charge in [0.1, 0.15) is 0 Å². The van der Waals surface area contributed by atoms with Gasteiger partial charge in [-0.25, -0.2) is 4.98 Å². The first-order chi connectivity index (χ1) is 9.63. The van der Waals surface area contributed by atoms with Crippen LogP contribution in [0.3, 0.4) is 0 Å². The van der Waals surface area contributed by atoms with E-state index in [9.17, 15) is 4.79 Å². The molecule has 0 bridgehead atoms. The second kappa shape index (κ2) is 5.34. The summed E-state index contributed by atoms with van der Waals surface area (Å²) >= 11 is 4.98. The molecule has 3 rings (SSSR count). The number of hydrogen-bond donors (Lipinski definition) is 1. The molecule has 0 aliphatic carbocycles. The highest BCUT2D eigenvalue weighted by Gasteiger charge is 2.10. The Morgan fingerprint density at radius 2 is 2.10 bits per heavy atom. The number of halogens is 1. The molecule has 0 atom stereocenters. The van der Waals surface area contributed by atoms with Crippen molar-refractivity contribution in [1.29, 1.82) is 0 Å². The van der Waals surface area contributed by atoms with Gasteiger partial charge in [0.05, 0.1) is 21.3 Å². The summed E-state index contributed by atoms with van der Waals surface area (Å²) in [4.78, 5) is 16.5. The minimum absolute atomic E-state index is 0.124. The molecule has 0 saturated heterocycles. The predicted molar refractivity (Wildman–Crippen MR) is 86.5 cm³/mol. The molecule has 3 nitrogen and oxygen atoms in total. The minimum Gasteiger partial charge on any atom is -0.322 e. The van der Waals surface area contributed by atoms with Crippen LogP contribution in [0.2, 0.25) is 0 Å². The maximum Gasteiger partial charge on any atom is 0.256 e. The van der Waals surface area contributed by atoms with Gasteiger partial charge in [-0.1, -0.05) is 6.07 Å². The Labute approximate surface area is 128 Å². The van der Waals surface area contributed by atoms with Gasteiger partial charge in [0.15, 0.2) is 0 Å². The summed E-state index contributed by atoms with van der Waals surface area (Å²) in [7, 11) is 0. The Balaban J connectivity index is 1.87. The fourth-order valence-electron chi connectivity index (χ4n) is 1.94. The third-order valence-electron chi connectivity index (χ3n) is 2.96. The minimum atomic E-state index is -0.124. The number of carbonyl (C=O) groups excluding carboxylic acids is 1. The first-order valence-electron chi connectivity index (χ1n) is 6.04. The van der Waals surface area contributed by atoms with E-state index in [1.54, 1.807) is 16.8 Å². The van der Waals surface area contributed by atoms with Crippen LogP contribution in [-0.2, 0) is 0 Å². The molecule has 0 spiro atoms. The lowest BCUT2D eigenvalue weighted by Crippen LogP contribution is -2.12. The zero-order valence-corrected chi connectivity index (χ0v) is 13.1. The van der Waals surface area contributed by atoms with Crippen molar-refractivity contribution in [2.45, 2.75) is 6.92 Å². The van der Waals surface area contributed by atoms with Gasteiger partial charge in [-0.2, -0.15) is 0 Å². The van der Waals surface area contributed by atoms with Crippen LogP contribution >= 0.6 is 27.3 Å². The number of anilines is 1. The van der Waals surface area contributed by atoms with Crippen LogP contribution in [0.25, 0.3) is 10.2 Å². The van der Waals surface area contributed by atoms with Crippen LogP contribution in [0.5, 0.6) is 0 Å². The van der Waals surface area contributed by atoms with E-state index < -0.39 is 0 Å². The molecule has 1 N–H and O–H groups in total. The number of carbonyl (C=O) groups is 1. The first-order valence-corrected chi connectivity index (χ1v) is 7.71. The molecule has 0 aliphatic rings. The van der Waals surface area contributed by atoms with Crippen LogP contribution in [0.15, 0.2) is 46.4 Å². The molecule has 3 aromatic rings. The van der Waals surface area contributed by atoms with Gasteiger partial charge in [-0.05, 0) is 58.7 Å². The average molecular weight is 347 g/mol. The molecule has 5 heteroatoms. The summed E-state index contributed by atoms with van der Waals surface area (Å²) in [5.41, 5.74) is 5.26. The van der Waals surface area contributed by atoms with E-state index in [0.717, 1.165) is 25.9 Å². The van der Waals surface area contributed by atoms with Gasteiger partial charge in [0, 0.05) is 10.2 Å². The summed E-state index contributed by atoms with van der Waals surface area (Å²) in [6.07, 6.45) is 0. The van der Waals surface area contributed by atoms with Gasteiger partial charge in [0.25, 0.3) is 5.91 Å². The number of nitrogens with one attached hydrogen (secondary N) is 1. The van der Waals surface area contributed by atoms with Crippen molar-refractivity contribution in [1.82, 2.24) is 4.98 Å². The van der Waals surface area contributed by atoms with Crippen LogP contribution < -0.4 is 5.32 Å². The average Bonchev–Trinajstić information content (AvgIpc) is 2.85. The Morgan fingerprint density at radius 3 is 2.90 bits per heavy atom. The zero-order chi connectivity index (χ0) is 14.1.